The first kappa shape index (κ1) is 14.8. The van der Waals surface area contributed by atoms with Gasteiger partial charge in [-0.05, 0) is 24.6 Å². The molecule has 0 radical (unpaired) electrons. The van der Waals surface area contributed by atoms with Gasteiger partial charge in [0.1, 0.15) is 5.75 Å². The average molecular weight is 314 g/mol. The van der Waals surface area contributed by atoms with Gasteiger partial charge in [-0.15, -0.1) is 0 Å². The molecular weight excluding hydrogens is 301 g/mol. The number of aromatic nitrogens is 2. The minimum Gasteiger partial charge on any atom is -0.485 e. The standard InChI is InChI=1S/C14H13F3N2O3/c15-14(16,17)10-2-1-3-11(6-10)21-8-12-18-13(22-19-12)9-4-5-20-7-9/h1-3,6,9H,4-5,7-8H2/t9-/m1/s1. The molecule has 3 rings (SSSR count). The molecule has 1 saturated heterocycles. The Morgan fingerprint density at radius 2 is 2.18 bits per heavy atom. The average Bonchev–Trinajstić information content (AvgIpc) is 3.15. The van der Waals surface area contributed by atoms with E-state index in [2.05, 4.69) is 10.1 Å². The zero-order chi connectivity index (χ0) is 15.6. The van der Waals surface area contributed by atoms with Crippen LogP contribution in [0.3, 0.4) is 0 Å². The number of nitrogens with zero attached hydrogens (tertiary/aromatic N) is 2. The fourth-order valence-electron chi connectivity index (χ4n) is 2.13. The molecule has 8 heteroatoms. The summed E-state index contributed by atoms with van der Waals surface area (Å²) in [4.78, 5) is 4.17. The monoisotopic (exact) mass is 314 g/mol. The zero-order valence-corrected chi connectivity index (χ0v) is 11.5. The van der Waals surface area contributed by atoms with E-state index in [1.54, 1.807) is 0 Å². The van der Waals surface area contributed by atoms with Gasteiger partial charge in [-0.2, -0.15) is 18.2 Å². The molecule has 118 valence electrons. The van der Waals surface area contributed by atoms with Crippen molar-refractivity contribution in [3.63, 3.8) is 0 Å². The smallest absolute Gasteiger partial charge is 0.416 e. The van der Waals surface area contributed by atoms with Crippen molar-refractivity contribution in [3.8, 4) is 5.75 Å². The third-order valence-corrected chi connectivity index (χ3v) is 3.29. The highest BCUT2D eigenvalue weighted by Crippen LogP contribution is 2.31. The van der Waals surface area contributed by atoms with E-state index in [1.165, 1.54) is 12.1 Å². The molecule has 5 nitrogen and oxygen atoms in total. The molecule has 1 aliphatic rings. The second-order valence-corrected chi connectivity index (χ2v) is 4.92. The van der Waals surface area contributed by atoms with Crippen molar-refractivity contribution in [1.29, 1.82) is 0 Å². The summed E-state index contributed by atoms with van der Waals surface area (Å²) in [6.07, 6.45) is -3.59. The van der Waals surface area contributed by atoms with Gasteiger partial charge < -0.3 is 14.0 Å². The van der Waals surface area contributed by atoms with E-state index < -0.39 is 11.7 Å². The van der Waals surface area contributed by atoms with Gasteiger partial charge in [0.25, 0.3) is 0 Å². The van der Waals surface area contributed by atoms with Gasteiger partial charge in [0.05, 0.1) is 18.1 Å². The molecule has 0 bridgehead atoms. The first-order valence-electron chi connectivity index (χ1n) is 6.72. The second kappa shape index (κ2) is 5.96. The van der Waals surface area contributed by atoms with E-state index in [9.17, 15) is 13.2 Å². The number of hydrogen-bond donors (Lipinski definition) is 0. The molecule has 0 saturated carbocycles. The fraction of sp³-hybridized carbons (Fsp3) is 0.429. The largest absolute Gasteiger partial charge is 0.485 e. The van der Waals surface area contributed by atoms with Crippen LogP contribution in [-0.2, 0) is 17.5 Å². The lowest BCUT2D eigenvalue weighted by molar-refractivity contribution is -0.137. The fourth-order valence-corrected chi connectivity index (χ4v) is 2.13. The molecule has 1 aromatic heterocycles. The predicted octanol–water partition coefficient (Wildman–Crippen LogP) is 3.17. The van der Waals surface area contributed by atoms with Crippen LogP contribution in [0, 0.1) is 0 Å². The molecule has 0 N–H and O–H groups in total. The molecule has 0 aliphatic carbocycles. The van der Waals surface area contributed by atoms with Gasteiger partial charge in [-0.3, -0.25) is 0 Å². The highest BCUT2D eigenvalue weighted by atomic mass is 19.4. The van der Waals surface area contributed by atoms with Gasteiger partial charge in [-0.1, -0.05) is 11.2 Å². The van der Waals surface area contributed by atoms with Crippen molar-refractivity contribution in [1.82, 2.24) is 10.1 Å². The van der Waals surface area contributed by atoms with Crippen LogP contribution >= 0.6 is 0 Å². The van der Waals surface area contributed by atoms with Crippen LogP contribution in [0.25, 0.3) is 0 Å². The number of hydrogen-bond acceptors (Lipinski definition) is 5. The van der Waals surface area contributed by atoms with Crippen LogP contribution in [0.1, 0.15) is 29.6 Å². The van der Waals surface area contributed by atoms with Crippen LogP contribution in [-0.4, -0.2) is 23.4 Å². The van der Waals surface area contributed by atoms with E-state index in [-0.39, 0.29) is 18.3 Å². The summed E-state index contributed by atoms with van der Waals surface area (Å²) in [6, 6.07) is 4.65. The van der Waals surface area contributed by atoms with E-state index in [0.29, 0.717) is 24.9 Å². The normalized spacial score (nSPS) is 18.6. The Bertz CT molecular complexity index is 636. The van der Waals surface area contributed by atoms with Crippen LogP contribution in [0.2, 0.25) is 0 Å². The van der Waals surface area contributed by atoms with Gasteiger partial charge in [-0.25, -0.2) is 0 Å². The first-order valence-corrected chi connectivity index (χ1v) is 6.72. The lowest BCUT2D eigenvalue weighted by Gasteiger charge is -2.08. The molecule has 0 amide bonds. The van der Waals surface area contributed by atoms with Gasteiger partial charge >= 0.3 is 6.18 Å². The third-order valence-electron chi connectivity index (χ3n) is 3.29. The number of benzene rings is 1. The SMILES string of the molecule is FC(F)(F)c1cccc(OCc2noc([C@@H]3CCOC3)n2)c1. The first-order chi connectivity index (χ1) is 10.5. The molecule has 2 heterocycles. The third kappa shape index (κ3) is 3.38. The summed E-state index contributed by atoms with van der Waals surface area (Å²) in [5.41, 5.74) is -0.762. The Morgan fingerprint density at radius 3 is 2.91 bits per heavy atom. The maximum absolute atomic E-state index is 12.6. The molecule has 1 fully saturated rings. The maximum atomic E-state index is 12.6. The highest BCUT2D eigenvalue weighted by Gasteiger charge is 2.30. The van der Waals surface area contributed by atoms with Crippen molar-refractivity contribution < 1.29 is 27.2 Å². The van der Waals surface area contributed by atoms with Gasteiger partial charge in [0.2, 0.25) is 11.7 Å². The highest BCUT2D eigenvalue weighted by molar-refractivity contribution is 5.30. The Morgan fingerprint density at radius 1 is 1.32 bits per heavy atom. The summed E-state index contributed by atoms with van der Waals surface area (Å²) in [7, 11) is 0. The van der Waals surface area contributed by atoms with Crippen LogP contribution < -0.4 is 4.74 Å². The summed E-state index contributed by atoms with van der Waals surface area (Å²) >= 11 is 0. The number of ether oxygens (including phenoxy) is 2. The summed E-state index contributed by atoms with van der Waals surface area (Å²) in [5, 5.41) is 3.76. The lowest BCUT2D eigenvalue weighted by atomic mass is 10.1. The number of alkyl halides is 3. The Labute approximate surface area is 124 Å². The van der Waals surface area contributed by atoms with Crippen LogP contribution in [0.15, 0.2) is 28.8 Å². The predicted molar refractivity (Wildman–Crippen MR) is 68.3 cm³/mol. The van der Waals surface area contributed by atoms with E-state index >= 15 is 0 Å². The van der Waals surface area contributed by atoms with Gasteiger partial charge in [0.15, 0.2) is 6.61 Å². The van der Waals surface area contributed by atoms with E-state index in [1.807, 2.05) is 0 Å². The molecule has 0 unspecified atom stereocenters. The van der Waals surface area contributed by atoms with Crippen molar-refractivity contribution >= 4 is 0 Å². The summed E-state index contributed by atoms with van der Waals surface area (Å²) < 4.78 is 53.4. The topological polar surface area (TPSA) is 57.4 Å². The van der Waals surface area contributed by atoms with Crippen molar-refractivity contribution in [3.05, 3.63) is 41.5 Å². The van der Waals surface area contributed by atoms with Gasteiger partial charge in [0, 0.05) is 6.61 Å². The number of halogens is 3. The van der Waals surface area contributed by atoms with Crippen molar-refractivity contribution in [2.75, 3.05) is 13.2 Å². The zero-order valence-electron chi connectivity index (χ0n) is 11.5. The lowest BCUT2D eigenvalue weighted by Crippen LogP contribution is -2.05. The second-order valence-electron chi connectivity index (χ2n) is 4.92. The Kier molecular flexibility index (Phi) is 4.02. The Hall–Kier alpha value is -2.09. The molecule has 22 heavy (non-hydrogen) atoms. The van der Waals surface area contributed by atoms with Crippen molar-refractivity contribution in [2.45, 2.75) is 25.1 Å². The molecule has 1 aliphatic heterocycles. The van der Waals surface area contributed by atoms with Crippen molar-refractivity contribution in [2.24, 2.45) is 0 Å². The van der Waals surface area contributed by atoms with E-state index in [0.717, 1.165) is 18.6 Å². The number of rotatable bonds is 4. The molecule has 1 atom stereocenters. The van der Waals surface area contributed by atoms with Crippen LogP contribution in [0.5, 0.6) is 5.75 Å². The molecule has 1 aromatic carbocycles. The quantitative estimate of drug-likeness (QED) is 0.867. The molecule has 0 spiro atoms. The van der Waals surface area contributed by atoms with E-state index in [4.69, 9.17) is 14.0 Å². The molecule has 2 aromatic rings. The maximum Gasteiger partial charge on any atom is 0.416 e. The minimum absolute atomic E-state index is 0.0572. The Balaban J connectivity index is 1.63. The minimum atomic E-state index is -4.40. The molecular formula is C14H13F3N2O3. The summed E-state index contributed by atoms with van der Waals surface area (Å²) in [5.74, 6) is 0.944. The van der Waals surface area contributed by atoms with Crippen LogP contribution in [0.4, 0.5) is 13.2 Å². The summed E-state index contributed by atoms with van der Waals surface area (Å²) in [6.45, 7) is 1.14.